The predicted molar refractivity (Wildman–Crippen MR) is 76.0 cm³/mol. The van der Waals surface area contributed by atoms with Crippen LogP contribution in [0.1, 0.15) is 22.0 Å². The number of rotatable bonds is 4. The zero-order valence-corrected chi connectivity index (χ0v) is 13.1. The van der Waals surface area contributed by atoms with Gasteiger partial charge in [-0.15, -0.1) is 0 Å². The summed E-state index contributed by atoms with van der Waals surface area (Å²) < 4.78 is 43.4. The average molecular weight is 332 g/mol. The molecule has 1 aromatic heterocycles. The molecule has 0 spiro atoms. The number of aromatic nitrogens is 2. The normalized spacial score (nSPS) is 16.4. The van der Waals surface area contributed by atoms with Crippen LogP contribution >= 0.6 is 0 Å². The minimum atomic E-state index is -4.67. The molecule has 9 heteroatoms. The molecule has 0 radical (unpaired) electrons. The third-order valence-corrected chi connectivity index (χ3v) is 3.53. The van der Waals surface area contributed by atoms with Crippen LogP contribution in [-0.2, 0) is 10.9 Å². The van der Waals surface area contributed by atoms with Crippen LogP contribution in [0.3, 0.4) is 0 Å². The number of hydrogen-bond donors (Lipinski definition) is 0. The van der Waals surface area contributed by atoms with Crippen LogP contribution < -0.4 is 0 Å². The molecule has 1 saturated heterocycles. The maximum absolute atomic E-state index is 12.7. The standard InChI is InChI=1S/C14H19F3N4O2/c1-10-9-11(19-13(18-10)14(15,16)17)12(22)20(2)3-4-21-5-7-23-8-6-21/h9H,3-8H2,1-2H3. The van der Waals surface area contributed by atoms with Gasteiger partial charge in [-0.05, 0) is 13.0 Å². The fourth-order valence-electron chi connectivity index (χ4n) is 2.22. The zero-order valence-electron chi connectivity index (χ0n) is 13.1. The summed E-state index contributed by atoms with van der Waals surface area (Å²) in [6.07, 6.45) is -4.67. The van der Waals surface area contributed by atoms with Crippen LogP contribution in [0.2, 0.25) is 0 Å². The highest BCUT2D eigenvalue weighted by Crippen LogP contribution is 2.26. The fourth-order valence-corrected chi connectivity index (χ4v) is 2.22. The Bertz CT molecular complexity index is 559. The van der Waals surface area contributed by atoms with E-state index in [1.165, 1.54) is 17.9 Å². The molecule has 1 fully saturated rings. The molecule has 2 rings (SSSR count). The average Bonchev–Trinajstić information content (AvgIpc) is 2.51. The number of carbonyl (C=O) groups excluding carboxylic acids is 1. The van der Waals surface area contributed by atoms with Crippen LogP contribution in [0.4, 0.5) is 13.2 Å². The summed E-state index contributed by atoms with van der Waals surface area (Å²) in [5.74, 6) is -1.84. The molecule has 2 heterocycles. The quantitative estimate of drug-likeness (QED) is 0.829. The molecule has 1 aliphatic rings. The van der Waals surface area contributed by atoms with Gasteiger partial charge in [0.25, 0.3) is 5.91 Å². The fraction of sp³-hybridized carbons (Fsp3) is 0.643. The van der Waals surface area contributed by atoms with E-state index in [0.717, 1.165) is 13.1 Å². The highest BCUT2D eigenvalue weighted by atomic mass is 19.4. The molecule has 0 bridgehead atoms. The Balaban J connectivity index is 2.02. The van der Waals surface area contributed by atoms with Crippen molar-refractivity contribution in [3.8, 4) is 0 Å². The van der Waals surface area contributed by atoms with E-state index < -0.39 is 17.9 Å². The van der Waals surface area contributed by atoms with Crippen molar-refractivity contribution >= 4 is 5.91 Å². The lowest BCUT2D eigenvalue weighted by Gasteiger charge is -2.28. The van der Waals surface area contributed by atoms with E-state index in [2.05, 4.69) is 14.9 Å². The summed E-state index contributed by atoms with van der Waals surface area (Å²) in [7, 11) is 1.55. The first-order valence-corrected chi connectivity index (χ1v) is 7.26. The number of alkyl halides is 3. The zero-order chi connectivity index (χ0) is 17.0. The van der Waals surface area contributed by atoms with Gasteiger partial charge in [-0.2, -0.15) is 13.2 Å². The molecule has 0 unspecified atom stereocenters. The molecule has 0 atom stereocenters. The number of ether oxygens (including phenoxy) is 1. The van der Waals surface area contributed by atoms with Crippen LogP contribution in [0.5, 0.6) is 0 Å². The molecule has 0 N–H and O–H groups in total. The molecule has 6 nitrogen and oxygen atoms in total. The van der Waals surface area contributed by atoms with Gasteiger partial charge in [-0.1, -0.05) is 0 Å². The molecule has 0 aromatic carbocycles. The van der Waals surface area contributed by atoms with E-state index in [-0.39, 0.29) is 11.4 Å². The van der Waals surface area contributed by atoms with E-state index in [1.807, 2.05) is 0 Å². The molecule has 128 valence electrons. The van der Waals surface area contributed by atoms with Gasteiger partial charge in [0.05, 0.1) is 13.2 Å². The minimum Gasteiger partial charge on any atom is -0.379 e. The predicted octanol–water partition coefficient (Wildman–Crippen LogP) is 1.21. The van der Waals surface area contributed by atoms with Crippen molar-refractivity contribution in [2.45, 2.75) is 13.1 Å². The molecular weight excluding hydrogens is 313 g/mol. The third kappa shape index (κ3) is 4.87. The van der Waals surface area contributed by atoms with E-state index in [1.54, 1.807) is 7.05 Å². The lowest BCUT2D eigenvalue weighted by Crippen LogP contribution is -2.42. The first-order chi connectivity index (χ1) is 10.8. The summed E-state index contributed by atoms with van der Waals surface area (Å²) in [4.78, 5) is 22.5. The molecule has 1 aliphatic heterocycles. The minimum absolute atomic E-state index is 0.109. The molecule has 0 saturated carbocycles. The van der Waals surface area contributed by atoms with Crippen molar-refractivity contribution < 1.29 is 22.7 Å². The Morgan fingerprint density at radius 3 is 2.61 bits per heavy atom. The first kappa shape index (κ1) is 17.6. The SMILES string of the molecule is Cc1cc(C(=O)N(C)CCN2CCOCC2)nc(C(F)(F)F)n1. The number of morpholine rings is 1. The van der Waals surface area contributed by atoms with Crippen molar-refractivity contribution in [2.24, 2.45) is 0 Å². The number of halogens is 3. The van der Waals surface area contributed by atoms with Crippen molar-refractivity contribution in [3.05, 3.63) is 23.3 Å². The van der Waals surface area contributed by atoms with Gasteiger partial charge in [0.2, 0.25) is 5.82 Å². The number of aryl methyl sites for hydroxylation is 1. The van der Waals surface area contributed by atoms with Gasteiger partial charge in [-0.3, -0.25) is 9.69 Å². The Morgan fingerprint density at radius 2 is 2.00 bits per heavy atom. The summed E-state index contributed by atoms with van der Waals surface area (Å²) >= 11 is 0. The molecule has 0 aliphatic carbocycles. The van der Waals surface area contributed by atoms with Crippen LogP contribution in [-0.4, -0.2) is 72.1 Å². The monoisotopic (exact) mass is 332 g/mol. The summed E-state index contributed by atoms with van der Waals surface area (Å²) in [5.41, 5.74) is -0.133. The maximum atomic E-state index is 12.7. The Hall–Kier alpha value is -1.74. The van der Waals surface area contributed by atoms with Crippen molar-refractivity contribution in [1.82, 2.24) is 19.8 Å². The number of amides is 1. The van der Waals surface area contributed by atoms with Crippen LogP contribution in [0, 0.1) is 6.92 Å². The maximum Gasteiger partial charge on any atom is 0.451 e. The van der Waals surface area contributed by atoms with E-state index >= 15 is 0 Å². The van der Waals surface area contributed by atoms with Crippen molar-refractivity contribution in [1.29, 1.82) is 0 Å². The van der Waals surface area contributed by atoms with Gasteiger partial charge < -0.3 is 9.64 Å². The van der Waals surface area contributed by atoms with E-state index in [4.69, 9.17) is 4.74 Å². The lowest BCUT2D eigenvalue weighted by atomic mass is 10.3. The topological polar surface area (TPSA) is 58.6 Å². The van der Waals surface area contributed by atoms with E-state index in [0.29, 0.717) is 26.3 Å². The van der Waals surface area contributed by atoms with Gasteiger partial charge in [0, 0.05) is 38.9 Å². The number of nitrogens with zero attached hydrogens (tertiary/aromatic N) is 4. The lowest BCUT2D eigenvalue weighted by molar-refractivity contribution is -0.145. The molecule has 23 heavy (non-hydrogen) atoms. The number of hydrogen-bond acceptors (Lipinski definition) is 5. The van der Waals surface area contributed by atoms with Gasteiger partial charge >= 0.3 is 6.18 Å². The summed E-state index contributed by atoms with van der Waals surface area (Å²) in [6, 6.07) is 1.27. The third-order valence-electron chi connectivity index (χ3n) is 3.53. The highest BCUT2D eigenvalue weighted by Gasteiger charge is 2.35. The van der Waals surface area contributed by atoms with Gasteiger partial charge in [-0.25, -0.2) is 9.97 Å². The number of carbonyl (C=O) groups is 1. The molecular formula is C14H19F3N4O2. The Labute approximate surface area is 132 Å². The Morgan fingerprint density at radius 1 is 1.35 bits per heavy atom. The molecule has 1 aromatic rings. The number of likely N-dealkylation sites (N-methyl/N-ethyl adjacent to an activating group) is 1. The Kier molecular flexibility index (Phi) is 5.53. The smallest absolute Gasteiger partial charge is 0.379 e. The second-order valence-corrected chi connectivity index (χ2v) is 5.40. The van der Waals surface area contributed by atoms with E-state index in [9.17, 15) is 18.0 Å². The second-order valence-electron chi connectivity index (χ2n) is 5.40. The highest BCUT2D eigenvalue weighted by molar-refractivity contribution is 5.92. The molecule has 1 amide bonds. The van der Waals surface area contributed by atoms with Crippen LogP contribution in [0.15, 0.2) is 6.07 Å². The van der Waals surface area contributed by atoms with Crippen molar-refractivity contribution in [2.75, 3.05) is 46.4 Å². The van der Waals surface area contributed by atoms with Crippen LogP contribution in [0.25, 0.3) is 0 Å². The first-order valence-electron chi connectivity index (χ1n) is 7.26. The summed E-state index contributed by atoms with van der Waals surface area (Å²) in [6.45, 7) is 5.32. The summed E-state index contributed by atoms with van der Waals surface area (Å²) in [5, 5.41) is 0. The second kappa shape index (κ2) is 7.22. The van der Waals surface area contributed by atoms with Gasteiger partial charge in [0.1, 0.15) is 5.69 Å². The van der Waals surface area contributed by atoms with Gasteiger partial charge in [0.15, 0.2) is 0 Å². The van der Waals surface area contributed by atoms with Crippen molar-refractivity contribution in [3.63, 3.8) is 0 Å². The largest absolute Gasteiger partial charge is 0.451 e.